The van der Waals surface area contributed by atoms with Crippen molar-refractivity contribution in [3.8, 4) is 11.4 Å². The predicted octanol–water partition coefficient (Wildman–Crippen LogP) is 3.58. The molecule has 0 aliphatic rings. The van der Waals surface area contributed by atoms with E-state index in [2.05, 4.69) is 26.7 Å². The number of pyridine rings is 1. The van der Waals surface area contributed by atoms with Gasteiger partial charge >= 0.3 is 0 Å². The third kappa shape index (κ3) is 3.04. The van der Waals surface area contributed by atoms with E-state index in [1.54, 1.807) is 6.20 Å². The summed E-state index contributed by atoms with van der Waals surface area (Å²) in [5.74, 6) is 0.879. The summed E-state index contributed by atoms with van der Waals surface area (Å²) in [5.41, 5.74) is 1.00. The van der Waals surface area contributed by atoms with Gasteiger partial charge in [-0.05, 0) is 30.8 Å². The molecule has 0 amide bonds. The van der Waals surface area contributed by atoms with Gasteiger partial charge in [-0.15, -0.1) is 0 Å². The number of hydrogen-bond acceptors (Lipinski definition) is 3. The van der Waals surface area contributed by atoms with Crippen LogP contribution in [0, 0.1) is 4.77 Å². The van der Waals surface area contributed by atoms with E-state index in [4.69, 9.17) is 12.2 Å². The van der Waals surface area contributed by atoms with Crippen LogP contribution in [0.3, 0.4) is 0 Å². The summed E-state index contributed by atoms with van der Waals surface area (Å²) in [6.07, 6.45) is 8.45. The molecule has 0 aliphatic heterocycles. The largest absolute Gasteiger partial charge is 0.300 e. The molecule has 2 heterocycles. The minimum absolute atomic E-state index is 0.686. The van der Waals surface area contributed by atoms with Crippen LogP contribution in [0.1, 0.15) is 32.6 Å². The lowest BCUT2D eigenvalue weighted by Crippen LogP contribution is -2.01. The molecule has 0 spiro atoms. The summed E-state index contributed by atoms with van der Waals surface area (Å²) in [6, 6.07) is 3.91. The summed E-state index contributed by atoms with van der Waals surface area (Å²) in [6.45, 7) is 3.13. The van der Waals surface area contributed by atoms with Crippen molar-refractivity contribution >= 4 is 12.2 Å². The average Bonchev–Trinajstić information content (AvgIpc) is 2.77. The number of H-pyrrole nitrogens is 1. The van der Waals surface area contributed by atoms with Crippen molar-refractivity contribution in [2.24, 2.45) is 0 Å². The highest BCUT2D eigenvalue weighted by Gasteiger charge is 2.08. The Morgan fingerprint density at radius 3 is 2.94 bits per heavy atom. The van der Waals surface area contributed by atoms with E-state index in [1.165, 1.54) is 19.3 Å². The highest BCUT2D eigenvalue weighted by atomic mass is 32.1. The smallest absolute Gasteiger partial charge is 0.195 e. The second-order valence-corrected chi connectivity index (χ2v) is 4.69. The lowest BCUT2D eigenvalue weighted by molar-refractivity contribution is 0.581. The molecule has 0 saturated heterocycles. The maximum Gasteiger partial charge on any atom is 0.195 e. The van der Waals surface area contributed by atoms with Crippen molar-refractivity contribution in [2.45, 2.75) is 39.2 Å². The third-order valence-corrected chi connectivity index (χ3v) is 3.22. The first-order valence-corrected chi connectivity index (χ1v) is 6.79. The van der Waals surface area contributed by atoms with Crippen LogP contribution >= 0.6 is 12.2 Å². The average molecular weight is 262 g/mol. The topological polar surface area (TPSA) is 46.5 Å². The molecule has 4 nitrogen and oxygen atoms in total. The number of hydrogen-bond donors (Lipinski definition) is 1. The molecule has 96 valence electrons. The zero-order chi connectivity index (χ0) is 12.8. The third-order valence-electron chi connectivity index (χ3n) is 2.91. The summed E-state index contributed by atoms with van der Waals surface area (Å²) in [5, 5.41) is 7.16. The second kappa shape index (κ2) is 6.44. The molecule has 5 heteroatoms. The van der Waals surface area contributed by atoms with E-state index < -0.39 is 0 Å². The Bertz CT molecular complexity index is 529. The van der Waals surface area contributed by atoms with Gasteiger partial charge in [0.25, 0.3) is 0 Å². The first kappa shape index (κ1) is 13.0. The Morgan fingerprint density at radius 1 is 1.33 bits per heavy atom. The van der Waals surface area contributed by atoms with Crippen molar-refractivity contribution in [3.63, 3.8) is 0 Å². The van der Waals surface area contributed by atoms with Crippen molar-refractivity contribution in [1.82, 2.24) is 19.7 Å². The quantitative estimate of drug-likeness (QED) is 0.639. The van der Waals surface area contributed by atoms with Crippen molar-refractivity contribution in [3.05, 3.63) is 29.3 Å². The van der Waals surface area contributed by atoms with Crippen LogP contribution < -0.4 is 0 Å². The van der Waals surface area contributed by atoms with Crippen LogP contribution in [-0.4, -0.2) is 19.7 Å². The monoisotopic (exact) mass is 262 g/mol. The van der Waals surface area contributed by atoms with Crippen molar-refractivity contribution in [2.75, 3.05) is 0 Å². The first-order chi connectivity index (χ1) is 8.83. The van der Waals surface area contributed by atoms with Crippen LogP contribution in [-0.2, 0) is 6.54 Å². The van der Waals surface area contributed by atoms with Gasteiger partial charge in [0.15, 0.2) is 10.6 Å². The standard InChI is InChI=1S/C13H18N4S/c1-2-3-4-5-9-17-12(15-16-13(17)18)11-7-6-8-14-10-11/h6-8,10H,2-5,9H2,1H3,(H,16,18). The Kier molecular flexibility index (Phi) is 4.64. The fourth-order valence-electron chi connectivity index (χ4n) is 1.94. The SMILES string of the molecule is CCCCCCn1c(-c2cccnc2)n[nH]c1=S. The Balaban J connectivity index is 2.15. The summed E-state index contributed by atoms with van der Waals surface area (Å²) >= 11 is 5.28. The van der Waals surface area contributed by atoms with Gasteiger partial charge in [-0.2, -0.15) is 5.10 Å². The molecule has 0 aliphatic carbocycles. The number of aromatic nitrogens is 4. The molecule has 0 unspecified atom stereocenters. The number of nitrogens with zero attached hydrogens (tertiary/aromatic N) is 3. The molecule has 0 saturated carbocycles. The van der Waals surface area contributed by atoms with Gasteiger partial charge in [0.05, 0.1) is 0 Å². The lowest BCUT2D eigenvalue weighted by atomic mass is 10.2. The van der Waals surface area contributed by atoms with Crippen LogP contribution in [0.15, 0.2) is 24.5 Å². The van der Waals surface area contributed by atoms with E-state index in [0.717, 1.165) is 24.4 Å². The number of nitrogens with one attached hydrogen (secondary N) is 1. The van der Waals surface area contributed by atoms with Gasteiger partial charge < -0.3 is 4.57 Å². The Labute approximate surface area is 112 Å². The zero-order valence-corrected chi connectivity index (χ0v) is 11.4. The number of rotatable bonds is 6. The highest BCUT2D eigenvalue weighted by molar-refractivity contribution is 7.71. The first-order valence-electron chi connectivity index (χ1n) is 6.38. The predicted molar refractivity (Wildman–Crippen MR) is 74.8 cm³/mol. The Morgan fingerprint density at radius 2 is 2.22 bits per heavy atom. The maximum atomic E-state index is 5.28. The molecule has 0 fully saturated rings. The lowest BCUT2D eigenvalue weighted by Gasteiger charge is -2.06. The fourth-order valence-corrected chi connectivity index (χ4v) is 2.16. The molecule has 0 radical (unpaired) electrons. The van der Waals surface area contributed by atoms with Crippen molar-refractivity contribution < 1.29 is 0 Å². The van der Waals surface area contributed by atoms with Gasteiger partial charge in [0.2, 0.25) is 0 Å². The Hall–Kier alpha value is -1.49. The normalized spacial score (nSPS) is 10.7. The minimum Gasteiger partial charge on any atom is -0.300 e. The van der Waals surface area contributed by atoms with Gasteiger partial charge in [0, 0.05) is 24.5 Å². The molecular weight excluding hydrogens is 244 g/mol. The molecule has 2 aromatic rings. The van der Waals surface area contributed by atoms with E-state index in [-0.39, 0.29) is 0 Å². The van der Waals surface area contributed by atoms with E-state index in [1.807, 2.05) is 18.3 Å². The molecule has 2 aromatic heterocycles. The highest BCUT2D eigenvalue weighted by Crippen LogP contribution is 2.16. The molecule has 0 atom stereocenters. The number of unbranched alkanes of at least 4 members (excludes halogenated alkanes) is 3. The van der Waals surface area contributed by atoms with Crippen LogP contribution in [0.5, 0.6) is 0 Å². The van der Waals surface area contributed by atoms with Gasteiger partial charge in [-0.1, -0.05) is 26.2 Å². The second-order valence-electron chi connectivity index (χ2n) is 4.31. The van der Waals surface area contributed by atoms with Crippen LogP contribution in [0.25, 0.3) is 11.4 Å². The maximum absolute atomic E-state index is 5.28. The van der Waals surface area contributed by atoms with E-state index in [0.29, 0.717) is 4.77 Å². The molecule has 18 heavy (non-hydrogen) atoms. The number of aromatic amines is 1. The molecular formula is C13H18N4S. The molecule has 0 bridgehead atoms. The molecule has 1 N–H and O–H groups in total. The van der Waals surface area contributed by atoms with Crippen LogP contribution in [0.4, 0.5) is 0 Å². The van der Waals surface area contributed by atoms with Crippen molar-refractivity contribution in [1.29, 1.82) is 0 Å². The summed E-state index contributed by atoms with van der Waals surface area (Å²) < 4.78 is 2.74. The van der Waals surface area contributed by atoms with E-state index >= 15 is 0 Å². The van der Waals surface area contributed by atoms with Crippen LogP contribution in [0.2, 0.25) is 0 Å². The van der Waals surface area contributed by atoms with Gasteiger partial charge in [0.1, 0.15) is 0 Å². The summed E-state index contributed by atoms with van der Waals surface area (Å²) in [4.78, 5) is 4.12. The fraction of sp³-hybridized carbons (Fsp3) is 0.462. The molecule has 2 rings (SSSR count). The van der Waals surface area contributed by atoms with E-state index in [9.17, 15) is 0 Å². The summed E-state index contributed by atoms with van der Waals surface area (Å²) in [7, 11) is 0. The van der Waals surface area contributed by atoms with Gasteiger partial charge in [-0.3, -0.25) is 10.1 Å². The molecule has 0 aromatic carbocycles. The van der Waals surface area contributed by atoms with Gasteiger partial charge in [-0.25, -0.2) is 0 Å². The minimum atomic E-state index is 0.686. The zero-order valence-electron chi connectivity index (χ0n) is 10.6.